The number of nitro benzene ring substituents is 1. The average molecular weight is 554 g/mol. The fourth-order valence-electron chi connectivity index (χ4n) is 3.24. The summed E-state index contributed by atoms with van der Waals surface area (Å²) >= 11 is 6.43. The minimum absolute atomic E-state index is 0.0453. The Morgan fingerprint density at radius 3 is 2.59 bits per heavy atom. The molecule has 3 heterocycles. The van der Waals surface area contributed by atoms with Crippen LogP contribution in [0.5, 0.6) is 0 Å². The first-order chi connectivity index (χ1) is 16.5. The number of fused-ring (bicyclic) bond motifs is 1. The lowest BCUT2D eigenvalue weighted by Crippen LogP contribution is -1.98. The number of benzene rings is 2. The van der Waals surface area contributed by atoms with Crippen LogP contribution in [0.15, 0.2) is 63.5 Å². The van der Waals surface area contributed by atoms with Crippen molar-refractivity contribution in [3.8, 4) is 22.5 Å². The van der Waals surface area contributed by atoms with Crippen molar-refractivity contribution in [3.05, 3.63) is 79.2 Å². The summed E-state index contributed by atoms with van der Waals surface area (Å²) in [5.41, 5.74) is 7.06. The highest BCUT2D eigenvalue weighted by atomic mass is 79.9. The Bertz CT molecular complexity index is 1500. The topological polar surface area (TPSA) is 111 Å². The van der Waals surface area contributed by atoms with Crippen LogP contribution in [0, 0.1) is 10.1 Å². The molecule has 5 rings (SSSR count). The van der Waals surface area contributed by atoms with Crippen LogP contribution < -0.4 is 5.43 Å². The highest BCUT2D eigenvalue weighted by molar-refractivity contribution is 9.10. The lowest BCUT2D eigenvalue weighted by Gasteiger charge is -2.00. The summed E-state index contributed by atoms with van der Waals surface area (Å²) in [6.07, 6.45) is 2.53. The first kappa shape index (κ1) is 22.3. The summed E-state index contributed by atoms with van der Waals surface area (Å²) in [6.45, 7) is 2.06. The minimum atomic E-state index is -0.422. The van der Waals surface area contributed by atoms with Crippen LogP contribution in [-0.2, 0) is 6.42 Å². The van der Waals surface area contributed by atoms with Crippen LogP contribution in [0.2, 0.25) is 0 Å². The third-order valence-electron chi connectivity index (χ3n) is 4.93. The number of hydrogen-bond acceptors (Lipinski definition) is 9. The van der Waals surface area contributed by atoms with E-state index in [2.05, 4.69) is 43.5 Å². The summed E-state index contributed by atoms with van der Waals surface area (Å²) in [5.74, 6) is 0. The second-order valence-electron chi connectivity index (χ2n) is 7.11. The van der Waals surface area contributed by atoms with E-state index in [1.54, 1.807) is 29.7 Å². The van der Waals surface area contributed by atoms with Gasteiger partial charge in [-0.2, -0.15) is 10.2 Å². The zero-order valence-electron chi connectivity index (χ0n) is 17.7. The van der Waals surface area contributed by atoms with Gasteiger partial charge < -0.3 is 0 Å². The van der Waals surface area contributed by atoms with Gasteiger partial charge in [0.15, 0.2) is 0 Å². The smallest absolute Gasteiger partial charge is 0.258 e. The molecule has 0 fully saturated rings. The number of aryl methyl sites for hydroxylation is 1. The molecule has 0 amide bonds. The normalized spacial score (nSPS) is 11.5. The van der Waals surface area contributed by atoms with Gasteiger partial charge in [-0.3, -0.25) is 15.5 Å². The van der Waals surface area contributed by atoms with Crippen molar-refractivity contribution in [2.45, 2.75) is 13.3 Å². The van der Waals surface area contributed by atoms with Gasteiger partial charge in [0.05, 0.1) is 16.8 Å². The van der Waals surface area contributed by atoms with Crippen LogP contribution in [0.3, 0.4) is 0 Å². The van der Waals surface area contributed by atoms with E-state index in [4.69, 9.17) is 4.98 Å². The molecule has 0 aliphatic heterocycles. The Kier molecular flexibility index (Phi) is 6.18. The molecule has 1 N–H and O–H groups in total. The maximum absolute atomic E-state index is 10.9. The monoisotopic (exact) mass is 553 g/mol. The fourth-order valence-corrected chi connectivity index (χ4v) is 5.02. The van der Waals surface area contributed by atoms with Crippen molar-refractivity contribution in [2.75, 3.05) is 5.43 Å². The Hall–Kier alpha value is -3.48. The van der Waals surface area contributed by atoms with Gasteiger partial charge in [0.2, 0.25) is 10.1 Å². The summed E-state index contributed by atoms with van der Waals surface area (Å²) in [4.78, 5) is 20.6. The van der Waals surface area contributed by atoms with Crippen LogP contribution in [0.4, 0.5) is 10.8 Å². The first-order valence-electron chi connectivity index (χ1n) is 10.2. The molecule has 2 aromatic carbocycles. The Balaban J connectivity index is 1.41. The lowest BCUT2D eigenvalue weighted by molar-refractivity contribution is -0.384. The molecule has 3 aromatic heterocycles. The van der Waals surface area contributed by atoms with Gasteiger partial charge in [0.25, 0.3) is 5.69 Å². The molecule has 12 heteroatoms. The standard InChI is InChI=1S/C22H16BrN7O2S2/c1-2-19-28-29-18(20(26-22(29)34-19)14-3-7-15(23)8-4-14)11-24-27-21-25-17(12-33-21)13-5-9-16(10-6-13)30(31)32/h3-12H,2H2,1H3,(H,25,27)/b24-11+. The number of rotatable bonds is 7. The highest BCUT2D eigenvalue weighted by Crippen LogP contribution is 2.29. The van der Waals surface area contributed by atoms with E-state index in [-0.39, 0.29) is 5.69 Å². The van der Waals surface area contributed by atoms with Crippen LogP contribution in [0.1, 0.15) is 17.6 Å². The van der Waals surface area contributed by atoms with E-state index in [1.165, 1.54) is 23.5 Å². The molecule has 0 saturated heterocycles. The SMILES string of the molecule is CCc1nn2c(/C=N/Nc3nc(-c4ccc([N+](=O)[O-])cc4)cs3)c(-c3ccc(Br)cc3)nc2s1. The molecule has 0 atom stereocenters. The number of nitrogens with one attached hydrogen (secondary N) is 1. The van der Waals surface area contributed by atoms with Crippen molar-refractivity contribution in [1.29, 1.82) is 0 Å². The second kappa shape index (κ2) is 9.41. The molecule has 5 aromatic rings. The van der Waals surface area contributed by atoms with E-state index < -0.39 is 4.92 Å². The number of anilines is 1. The maximum atomic E-state index is 10.9. The molecule has 0 aliphatic rings. The molecule has 9 nitrogen and oxygen atoms in total. The third kappa shape index (κ3) is 4.47. The number of nitrogens with zero attached hydrogens (tertiary/aromatic N) is 6. The number of hydrogen-bond donors (Lipinski definition) is 1. The molecular weight excluding hydrogens is 538 g/mol. The number of nitro groups is 1. The van der Waals surface area contributed by atoms with Crippen molar-refractivity contribution in [3.63, 3.8) is 0 Å². The van der Waals surface area contributed by atoms with E-state index in [0.717, 1.165) is 43.4 Å². The highest BCUT2D eigenvalue weighted by Gasteiger charge is 2.16. The molecule has 34 heavy (non-hydrogen) atoms. The van der Waals surface area contributed by atoms with Gasteiger partial charge in [-0.05, 0) is 30.7 Å². The summed E-state index contributed by atoms with van der Waals surface area (Å²) in [6, 6.07) is 14.2. The molecule has 0 radical (unpaired) electrons. The van der Waals surface area contributed by atoms with Gasteiger partial charge in [-0.25, -0.2) is 14.5 Å². The molecule has 0 unspecified atom stereocenters. The molecule has 0 spiro atoms. The van der Waals surface area contributed by atoms with E-state index in [9.17, 15) is 10.1 Å². The molecule has 0 saturated carbocycles. The first-order valence-corrected chi connectivity index (χ1v) is 12.6. The summed E-state index contributed by atoms with van der Waals surface area (Å²) in [5, 5.41) is 23.4. The Labute approximate surface area is 210 Å². The summed E-state index contributed by atoms with van der Waals surface area (Å²) in [7, 11) is 0. The van der Waals surface area contributed by atoms with Gasteiger partial charge in [-0.1, -0.05) is 46.3 Å². The zero-order chi connectivity index (χ0) is 23.7. The van der Waals surface area contributed by atoms with Gasteiger partial charge in [-0.15, -0.1) is 11.3 Å². The van der Waals surface area contributed by atoms with Gasteiger partial charge in [0.1, 0.15) is 16.4 Å². The average Bonchev–Trinajstić information content (AvgIpc) is 3.55. The molecular formula is C22H16BrN7O2S2. The molecule has 0 bridgehead atoms. The maximum Gasteiger partial charge on any atom is 0.269 e. The van der Waals surface area contributed by atoms with Gasteiger partial charge >= 0.3 is 0 Å². The quantitative estimate of drug-likeness (QED) is 0.144. The number of aromatic nitrogens is 4. The number of thiazole rings is 1. The zero-order valence-corrected chi connectivity index (χ0v) is 20.9. The van der Waals surface area contributed by atoms with Crippen LogP contribution in [0.25, 0.3) is 27.5 Å². The Morgan fingerprint density at radius 2 is 1.88 bits per heavy atom. The lowest BCUT2D eigenvalue weighted by atomic mass is 10.1. The van der Waals surface area contributed by atoms with Crippen LogP contribution >= 0.6 is 38.6 Å². The number of halogens is 1. The number of non-ortho nitro benzene ring substituents is 1. The van der Waals surface area contributed by atoms with E-state index >= 15 is 0 Å². The van der Waals surface area contributed by atoms with Crippen molar-refractivity contribution in [2.24, 2.45) is 5.10 Å². The van der Waals surface area contributed by atoms with Crippen molar-refractivity contribution < 1.29 is 4.92 Å². The second-order valence-corrected chi connectivity index (χ2v) is 9.92. The van der Waals surface area contributed by atoms with Crippen molar-refractivity contribution >= 4 is 60.6 Å². The molecule has 0 aliphatic carbocycles. The number of hydrazone groups is 1. The van der Waals surface area contributed by atoms with E-state index in [1.807, 2.05) is 34.2 Å². The predicted molar refractivity (Wildman–Crippen MR) is 139 cm³/mol. The molecule has 170 valence electrons. The largest absolute Gasteiger partial charge is 0.269 e. The number of imidazole rings is 1. The third-order valence-corrected chi connectivity index (χ3v) is 7.25. The van der Waals surface area contributed by atoms with Gasteiger partial charge in [0, 0.05) is 33.1 Å². The fraction of sp³-hybridized carbons (Fsp3) is 0.0909. The van der Waals surface area contributed by atoms with Crippen molar-refractivity contribution in [1.82, 2.24) is 19.6 Å². The van der Waals surface area contributed by atoms with Crippen LogP contribution in [-0.4, -0.2) is 30.7 Å². The predicted octanol–water partition coefficient (Wildman–Crippen LogP) is 6.26. The Morgan fingerprint density at radius 1 is 1.15 bits per heavy atom. The minimum Gasteiger partial charge on any atom is -0.258 e. The van der Waals surface area contributed by atoms with E-state index in [0.29, 0.717) is 10.8 Å². The summed E-state index contributed by atoms with van der Waals surface area (Å²) < 4.78 is 2.81.